The number of hydrogen-bond acceptors (Lipinski definition) is 5. The standard InChI is InChI=1S/C26H33NO6/c1-3-15-33-25-18-27(26(28)29)14-13-23(25)20-9-11-22(12-10-20)32-17-6-16-31-19-21-7-4-5-8-24(21)30-2/h3-5,7-12,23,25H,1,6,13-19H2,2H3,(H,28,29). The van der Waals surface area contributed by atoms with Crippen LogP contribution in [0.4, 0.5) is 4.79 Å². The third kappa shape index (κ3) is 7.23. The van der Waals surface area contributed by atoms with E-state index >= 15 is 0 Å². The molecular formula is C26H33NO6. The van der Waals surface area contributed by atoms with Crippen molar-refractivity contribution in [2.75, 3.05) is 40.0 Å². The van der Waals surface area contributed by atoms with Crippen molar-refractivity contribution in [1.29, 1.82) is 0 Å². The number of hydrogen-bond donors (Lipinski definition) is 1. The number of ether oxygens (including phenoxy) is 4. The summed E-state index contributed by atoms with van der Waals surface area (Å²) in [5, 5.41) is 9.31. The number of para-hydroxylation sites is 1. The van der Waals surface area contributed by atoms with Gasteiger partial charge < -0.3 is 29.0 Å². The number of piperidine rings is 1. The lowest BCUT2D eigenvalue weighted by atomic mass is 9.87. The van der Waals surface area contributed by atoms with E-state index in [-0.39, 0.29) is 12.0 Å². The van der Waals surface area contributed by atoms with Crippen LogP contribution in [0.1, 0.15) is 29.9 Å². The van der Waals surface area contributed by atoms with Gasteiger partial charge in [-0.05, 0) is 30.2 Å². The Morgan fingerprint density at radius 2 is 1.97 bits per heavy atom. The van der Waals surface area contributed by atoms with Crippen LogP contribution >= 0.6 is 0 Å². The Kier molecular flexibility index (Phi) is 9.59. The summed E-state index contributed by atoms with van der Waals surface area (Å²) in [7, 11) is 1.66. The minimum absolute atomic E-state index is 0.137. The summed E-state index contributed by atoms with van der Waals surface area (Å²) in [6.45, 7) is 6.62. The molecule has 1 fully saturated rings. The molecule has 0 spiro atoms. The highest BCUT2D eigenvalue weighted by Crippen LogP contribution is 2.31. The quantitative estimate of drug-likeness (QED) is 0.369. The molecule has 7 heteroatoms. The van der Waals surface area contributed by atoms with E-state index in [1.54, 1.807) is 13.2 Å². The van der Waals surface area contributed by atoms with Gasteiger partial charge in [-0.2, -0.15) is 0 Å². The fourth-order valence-corrected chi connectivity index (χ4v) is 4.00. The van der Waals surface area contributed by atoms with E-state index in [9.17, 15) is 9.90 Å². The summed E-state index contributed by atoms with van der Waals surface area (Å²) in [5.74, 6) is 1.77. The van der Waals surface area contributed by atoms with Gasteiger partial charge in [0.1, 0.15) is 11.5 Å². The minimum Gasteiger partial charge on any atom is -0.496 e. The van der Waals surface area contributed by atoms with Crippen molar-refractivity contribution < 1.29 is 28.8 Å². The predicted octanol–water partition coefficient (Wildman–Crippen LogP) is 4.72. The summed E-state index contributed by atoms with van der Waals surface area (Å²) in [6, 6.07) is 15.8. The van der Waals surface area contributed by atoms with Crippen LogP contribution in [-0.2, 0) is 16.1 Å². The molecule has 3 rings (SSSR count). The monoisotopic (exact) mass is 455 g/mol. The first kappa shape index (κ1) is 24.6. The van der Waals surface area contributed by atoms with Crippen molar-refractivity contribution in [2.24, 2.45) is 0 Å². The Labute approximate surface area is 195 Å². The van der Waals surface area contributed by atoms with Crippen molar-refractivity contribution in [1.82, 2.24) is 4.90 Å². The number of carbonyl (C=O) groups is 1. The highest BCUT2D eigenvalue weighted by atomic mass is 16.5. The molecule has 2 aromatic rings. The lowest BCUT2D eigenvalue weighted by molar-refractivity contribution is 0.00162. The molecule has 0 aliphatic carbocycles. The van der Waals surface area contributed by atoms with Gasteiger partial charge in [0.25, 0.3) is 0 Å². The average molecular weight is 456 g/mol. The number of likely N-dealkylation sites (tertiary alicyclic amines) is 1. The Balaban J connectivity index is 1.43. The van der Waals surface area contributed by atoms with Crippen LogP contribution in [0.15, 0.2) is 61.2 Å². The van der Waals surface area contributed by atoms with Crippen LogP contribution in [0.25, 0.3) is 0 Å². The van der Waals surface area contributed by atoms with Crippen molar-refractivity contribution >= 4 is 6.09 Å². The molecule has 2 aromatic carbocycles. The molecule has 178 valence electrons. The summed E-state index contributed by atoms with van der Waals surface area (Å²) >= 11 is 0. The summed E-state index contributed by atoms with van der Waals surface area (Å²) in [4.78, 5) is 12.8. The second kappa shape index (κ2) is 12.9. The van der Waals surface area contributed by atoms with Crippen LogP contribution in [0.3, 0.4) is 0 Å². The molecule has 0 bridgehead atoms. The lowest BCUT2D eigenvalue weighted by Crippen LogP contribution is -2.46. The van der Waals surface area contributed by atoms with Crippen LogP contribution in [0.5, 0.6) is 11.5 Å². The Hall–Kier alpha value is -3.03. The molecule has 1 amide bonds. The number of amides is 1. The fourth-order valence-electron chi connectivity index (χ4n) is 4.00. The maximum atomic E-state index is 11.3. The smallest absolute Gasteiger partial charge is 0.407 e. The van der Waals surface area contributed by atoms with E-state index in [1.165, 1.54) is 4.90 Å². The number of methoxy groups -OCH3 is 1. The Morgan fingerprint density at radius 1 is 1.18 bits per heavy atom. The fraction of sp³-hybridized carbons (Fsp3) is 0.423. The second-order valence-electron chi connectivity index (χ2n) is 7.92. The maximum absolute atomic E-state index is 11.3. The molecule has 0 aromatic heterocycles. The van der Waals surface area contributed by atoms with Gasteiger partial charge in [0.2, 0.25) is 0 Å². The van der Waals surface area contributed by atoms with Gasteiger partial charge in [-0.15, -0.1) is 6.58 Å². The average Bonchev–Trinajstić information content (AvgIpc) is 2.85. The highest BCUT2D eigenvalue weighted by molar-refractivity contribution is 5.65. The van der Waals surface area contributed by atoms with Gasteiger partial charge in [0.05, 0.1) is 46.2 Å². The Bertz CT molecular complexity index is 885. The van der Waals surface area contributed by atoms with E-state index in [2.05, 4.69) is 6.58 Å². The van der Waals surface area contributed by atoms with Crippen LogP contribution in [0, 0.1) is 0 Å². The molecule has 0 saturated carbocycles. The van der Waals surface area contributed by atoms with Gasteiger partial charge >= 0.3 is 6.09 Å². The number of nitrogens with zero attached hydrogens (tertiary/aromatic N) is 1. The van der Waals surface area contributed by atoms with Gasteiger partial charge in [-0.1, -0.05) is 36.4 Å². The van der Waals surface area contributed by atoms with Crippen molar-refractivity contribution in [3.63, 3.8) is 0 Å². The van der Waals surface area contributed by atoms with Crippen molar-refractivity contribution in [3.05, 3.63) is 72.3 Å². The summed E-state index contributed by atoms with van der Waals surface area (Å²) in [6.07, 6.45) is 2.09. The first-order valence-electron chi connectivity index (χ1n) is 11.2. The van der Waals surface area contributed by atoms with Gasteiger partial charge in [-0.3, -0.25) is 0 Å². The van der Waals surface area contributed by atoms with E-state index in [4.69, 9.17) is 18.9 Å². The Morgan fingerprint density at radius 3 is 2.70 bits per heavy atom. The van der Waals surface area contributed by atoms with Crippen LogP contribution in [-0.4, -0.2) is 62.2 Å². The van der Waals surface area contributed by atoms with Crippen LogP contribution in [0.2, 0.25) is 0 Å². The van der Waals surface area contributed by atoms with E-state index in [0.29, 0.717) is 39.5 Å². The zero-order chi connectivity index (χ0) is 23.5. The molecule has 0 radical (unpaired) electrons. The number of benzene rings is 2. The number of rotatable bonds is 12. The SMILES string of the molecule is C=CCOC1CN(C(=O)O)CCC1c1ccc(OCCCOCc2ccccc2OC)cc1. The molecule has 33 heavy (non-hydrogen) atoms. The first-order chi connectivity index (χ1) is 16.1. The molecule has 1 N–H and O–H groups in total. The predicted molar refractivity (Wildman–Crippen MR) is 126 cm³/mol. The van der Waals surface area contributed by atoms with Gasteiger partial charge in [0, 0.05) is 24.4 Å². The van der Waals surface area contributed by atoms with Crippen LogP contribution < -0.4 is 9.47 Å². The van der Waals surface area contributed by atoms with Gasteiger partial charge in [-0.25, -0.2) is 4.79 Å². The maximum Gasteiger partial charge on any atom is 0.407 e. The molecule has 1 heterocycles. The molecular weight excluding hydrogens is 422 g/mol. The normalized spacial score (nSPS) is 18.0. The summed E-state index contributed by atoms with van der Waals surface area (Å²) in [5.41, 5.74) is 2.16. The second-order valence-corrected chi connectivity index (χ2v) is 7.92. The zero-order valence-corrected chi connectivity index (χ0v) is 19.2. The third-order valence-electron chi connectivity index (χ3n) is 5.72. The molecule has 7 nitrogen and oxygen atoms in total. The summed E-state index contributed by atoms with van der Waals surface area (Å²) < 4.78 is 22.8. The first-order valence-corrected chi connectivity index (χ1v) is 11.2. The molecule has 1 saturated heterocycles. The third-order valence-corrected chi connectivity index (χ3v) is 5.72. The van der Waals surface area contributed by atoms with E-state index in [1.807, 2.05) is 48.5 Å². The van der Waals surface area contributed by atoms with E-state index < -0.39 is 6.09 Å². The molecule has 1 aliphatic rings. The lowest BCUT2D eigenvalue weighted by Gasteiger charge is -2.37. The highest BCUT2D eigenvalue weighted by Gasteiger charge is 2.33. The zero-order valence-electron chi connectivity index (χ0n) is 19.2. The molecule has 2 atom stereocenters. The number of carboxylic acid groups (broad SMARTS) is 1. The van der Waals surface area contributed by atoms with Crippen molar-refractivity contribution in [3.8, 4) is 11.5 Å². The largest absolute Gasteiger partial charge is 0.496 e. The van der Waals surface area contributed by atoms with Crippen molar-refractivity contribution in [2.45, 2.75) is 31.5 Å². The van der Waals surface area contributed by atoms with Gasteiger partial charge in [0.15, 0.2) is 0 Å². The topological polar surface area (TPSA) is 77.5 Å². The minimum atomic E-state index is -0.906. The molecule has 2 unspecified atom stereocenters. The van der Waals surface area contributed by atoms with E-state index in [0.717, 1.165) is 35.5 Å². The molecule has 1 aliphatic heterocycles.